The zero-order valence-electron chi connectivity index (χ0n) is 17.2. The Morgan fingerprint density at radius 1 is 1.31 bits per heavy atom. The van der Waals surface area contributed by atoms with E-state index in [-0.39, 0.29) is 24.3 Å². The Morgan fingerprint density at radius 3 is 2.69 bits per heavy atom. The molecule has 154 valence electrons. The van der Waals surface area contributed by atoms with Crippen molar-refractivity contribution in [2.75, 3.05) is 11.9 Å². The predicted molar refractivity (Wildman–Crippen MR) is 106 cm³/mol. The molecule has 29 heavy (non-hydrogen) atoms. The largest absolute Gasteiger partial charge is 0.443 e. The van der Waals surface area contributed by atoms with E-state index < -0.39 is 17.6 Å². The number of hydrogen-bond donors (Lipinski definition) is 2. The summed E-state index contributed by atoms with van der Waals surface area (Å²) in [6, 6.07) is 3.34. The lowest BCUT2D eigenvalue weighted by atomic mass is 10.1. The quantitative estimate of drug-likeness (QED) is 0.819. The van der Waals surface area contributed by atoms with Crippen molar-refractivity contribution in [3.63, 3.8) is 0 Å². The fraction of sp³-hybridized carbons (Fsp3) is 0.450. The van der Waals surface area contributed by atoms with Crippen molar-refractivity contribution in [2.45, 2.75) is 46.6 Å². The third-order valence-corrected chi connectivity index (χ3v) is 4.27. The van der Waals surface area contributed by atoms with Crippen LogP contribution in [0.5, 0.6) is 0 Å². The smallest absolute Gasteiger partial charge is 0.417 e. The number of imide groups is 1. The van der Waals surface area contributed by atoms with E-state index >= 15 is 0 Å². The molecule has 1 aliphatic rings. The number of carbonyl (C=O) groups excluding carboxylic acids is 3. The highest BCUT2D eigenvalue weighted by Crippen LogP contribution is 2.26. The van der Waals surface area contributed by atoms with E-state index in [0.29, 0.717) is 23.4 Å². The van der Waals surface area contributed by atoms with E-state index in [2.05, 4.69) is 20.3 Å². The second-order valence-electron chi connectivity index (χ2n) is 8.17. The molecule has 0 aromatic carbocycles. The highest BCUT2D eigenvalue weighted by molar-refractivity contribution is 6.05. The predicted octanol–water partition coefficient (Wildman–Crippen LogP) is 3.00. The van der Waals surface area contributed by atoms with Gasteiger partial charge in [0.15, 0.2) is 0 Å². The van der Waals surface area contributed by atoms with Gasteiger partial charge >= 0.3 is 6.09 Å². The van der Waals surface area contributed by atoms with Crippen LogP contribution in [0.1, 0.15) is 50.7 Å². The van der Waals surface area contributed by atoms with Crippen LogP contribution in [0, 0.1) is 5.92 Å². The van der Waals surface area contributed by atoms with Gasteiger partial charge in [-0.15, -0.1) is 0 Å². The average molecular weight is 399 g/mol. The van der Waals surface area contributed by atoms with Gasteiger partial charge in [-0.3, -0.25) is 14.9 Å². The van der Waals surface area contributed by atoms with E-state index in [1.54, 1.807) is 46.8 Å². The molecule has 2 aromatic rings. The number of carbonyl (C=O) groups is 3. The van der Waals surface area contributed by atoms with Crippen LogP contribution in [0.15, 0.2) is 18.3 Å². The molecule has 3 heterocycles. The third-order valence-electron chi connectivity index (χ3n) is 4.27. The summed E-state index contributed by atoms with van der Waals surface area (Å²) < 4.78 is 5.32. The number of nitrogens with one attached hydrogen (secondary N) is 2. The zero-order valence-corrected chi connectivity index (χ0v) is 17.2. The van der Waals surface area contributed by atoms with E-state index in [9.17, 15) is 14.4 Å². The molecule has 9 heteroatoms. The first-order valence-corrected chi connectivity index (χ1v) is 9.46. The Kier molecular flexibility index (Phi) is 5.41. The van der Waals surface area contributed by atoms with Crippen molar-refractivity contribution in [1.29, 1.82) is 0 Å². The number of nitrogens with zero attached hydrogens (tertiary/aromatic N) is 3. The lowest BCUT2D eigenvalue weighted by Gasteiger charge is -2.28. The number of fused-ring (bicyclic) bond motifs is 1. The van der Waals surface area contributed by atoms with E-state index in [1.165, 1.54) is 6.20 Å². The molecule has 0 saturated carbocycles. The van der Waals surface area contributed by atoms with Gasteiger partial charge < -0.3 is 9.72 Å². The maximum Gasteiger partial charge on any atom is 0.417 e. The molecule has 0 aliphatic carbocycles. The van der Waals surface area contributed by atoms with Gasteiger partial charge in [-0.1, -0.05) is 13.8 Å². The number of amides is 3. The molecule has 1 aliphatic heterocycles. The molecule has 9 nitrogen and oxygen atoms in total. The van der Waals surface area contributed by atoms with Gasteiger partial charge in [-0.25, -0.2) is 19.7 Å². The normalized spacial score (nSPS) is 14.0. The molecule has 0 unspecified atom stereocenters. The number of rotatable bonds is 3. The maximum absolute atomic E-state index is 12.8. The summed E-state index contributed by atoms with van der Waals surface area (Å²) in [7, 11) is 0. The van der Waals surface area contributed by atoms with Crippen molar-refractivity contribution in [3.8, 4) is 11.4 Å². The highest BCUT2D eigenvalue weighted by atomic mass is 16.6. The SMILES string of the molecule is CC(C)C(=O)Nc1nccc(-c2cc3c([nH]2)CCN(C(=O)OC(C)(C)C)C3=O)n1. The van der Waals surface area contributed by atoms with Crippen LogP contribution in [-0.2, 0) is 16.0 Å². The molecule has 0 atom stereocenters. The lowest BCUT2D eigenvalue weighted by molar-refractivity contribution is -0.118. The van der Waals surface area contributed by atoms with Crippen LogP contribution in [0.4, 0.5) is 10.7 Å². The highest BCUT2D eigenvalue weighted by Gasteiger charge is 2.33. The van der Waals surface area contributed by atoms with Gasteiger partial charge in [0.1, 0.15) is 5.60 Å². The minimum atomic E-state index is -0.682. The Morgan fingerprint density at radius 2 is 2.03 bits per heavy atom. The summed E-state index contributed by atoms with van der Waals surface area (Å²) in [5.74, 6) is -0.603. The van der Waals surface area contributed by atoms with Crippen LogP contribution >= 0.6 is 0 Å². The Bertz CT molecular complexity index is 958. The van der Waals surface area contributed by atoms with Crippen LogP contribution in [0.25, 0.3) is 11.4 Å². The number of hydrogen-bond acceptors (Lipinski definition) is 6. The molecule has 0 saturated heterocycles. The van der Waals surface area contributed by atoms with Gasteiger partial charge in [0.05, 0.1) is 17.0 Å². The summed E-state index contributed by atoms with van der Waals surface area (Å²) in [6.45, 7) is 9.05. The van der Waals surface area contributed by atoms with Crippen molar-refractivity contribution in [3.05, 3.63) is 29.6 Å². The molecule has 0 radical (unpaired) electrons. The Balaban J connectivity index is 1.83. The number of ether oxygens (including phenoxy) is 1. The zero-order chi connectivity index (χ0) is 21.3. The summed E-state index contributed by atoms with van der Waals surface area (Å²) in [4.78, 5) is 49.7. The first kappa shape index (κ1) is 20.5. The van der Waals surface area contributed by atoms with Gasteiger partial charge in [0, 0.05) is 30.8 Å². The van der Waals surface area contributed by atoms with Crippen LogP contribution in [-0.4, -0.2) is 49.9 Å². The van der Waals surface area contributed by atoms with Crippen molar-refractivity contribution in [1.82, 2.24) is 19.9 Å². The van der Waals surface area contributed by atoms with E-state index in [1.807, 2.05) is 0 Å². The standard InChI is InChI=1S/C20H25N5O4/c1-11(2)16(26)24-18-21-8-6-14(23-18)15-10-12-13(22-15)7-9-25(17(12)27)19(28)29-20(3,4)5/h6,8,10-11,22H,7,9H2,1-5H3,(H,21,23,24,26). The topological polar surface area (TPSA) is 117 Å². The lowest BCUT2D eigenvalue weighted by Crippen LogP contribution is -2.44. The molecular weight excluding hydrogens is 374 g/mol. The maximum atomic E-state index is 12.8. The molecular formula is C20H25N5O4. The number of H-pyrrole nitrogens is 1. The number of anilines is 1. The minimum Gasteiger partial charge on any atom is -0.443 e. The number of aromatic nitrogens is 3. The molecule has 3 rings (SSSR count). The summed E-state index contributed by atoms with van der Waals surface area (Å²) in [6.07, 6.45) is 1.37. The van der Waals surface area contributed by atoms with Crippen LogP contribution < -0.4 is 5.32 Å². The first-order chi connectivity index (χ1) is 13.5. The summed E-state index contributed by atoms with van der Waals surface area (Å²) >= 11 is 0. The number of aromatic amines is 1. The van der Waals surface area contributed by atoms with Crippen LogP contribution in [0.2, 0.25) is 0 Å². The van der Waals surface area contributed by atoms with Gasteiger partial charge in [0.25, 0.3) is 5.91 Å². The second-order valence-corrected chi connectivity index (χ2v) is 8.17. The second kappa shape index (κ2) is 7.65. The molecule has 0 spiro atoms. The van der Waals surface area contributed by atoms with Crippen molar-refractivity contribution in [2.24, 2.45) is 5.92 Å². The van der Waals surface area contributed by atoms with Gasteiger partial charge in [0.2, 0.25) is 11.9 Å². The average Bonchev–Trinajstić information content (AvgIpc) is 3.06. The molecule has 0 fully saturated rings. The fourth-order valence-electron chi connectivity index (χ4n) is 2.81. The molecule has 0 bridgehead atoms. The summed E-state index contributed by atoms with van der Waals surface area (Å²) in [5.41, 5.74) is 1.60. The molecule has 2 aromatic heterocycles. The Hall–Kier alpha value is -3.23. The minimum absolute atomic E-state index is 0.184. The summed E-state index contributed by atoms with van der Waals surface area (Å²) in [5, 5.41) is 2.65. The van der Waals surface area contributed by atoms with Crippen LogP contribution in [0.3, 0.4) is 0 Å². The first-order valence-electron chi connectivity index (χ1n) is 9.46. The fourth-order valence-corrected chi connectivity index (χ4v) is 2.81. The van der Waals surface area contributed by atoms with Crippen molar-refractivity contribution < 1.29 is 19.1 Å². The third kappa shape index (κ3) is 4.61. The molecule has 3 amide bonds. The molecule has 2 N–H and O–H groups in total. The van der Waals surface area contributed by atoms with E-state index in [0.717, 1.165) is 10.6 Å². The monoisotopic (exact) mass is 399 g/mol. The van der Waals surface area contributed by atoms with Crippen molar-refractivity contribution >= 4 is 23.9 Å². The van der Waals surface area contributed by atoms with Gasteiger partial charge in [-0.2, -0.15) is 0 Å². The van der Waals surface area contributed by atoms with E-state index in [4.69, 9.17) is 4.74 Å². The van der Waals surface area contributed by atoms with Gasteiger partial charge in [-0.05, 0) is 32.9 Å². The Labute approximate surface area is 168 Å².